The lowest BCUT2D eigenvalue weighted by Crippen LogP contribution is -2.69. The van der Waals surface area contributed by atoms with Crippen LogP contribution in [0.1, 0.15) is 31.2 Å². The number of quaternary nitrogens is 1. The van der Waals surface area contributed by atoms with E-state index in [9.17, 15) is 10.0 Å². The minimum atomic E-state index is -0.512. The van der Waals surface area contributed by atoms with Crippen LogP contribution in [0.5, 0.6) is 5.75 Å². The van der Waals surface area contributed by atoms with Crippen molar-refractivity contribution in [3.8, 4) is 5.75 Å². The van der Waals surface area contributed by atoms with Gasteiger partial charge in [0, 0.05) is 19.5 Å². The van der Waals surface area contributed by atoms with Crippen molar-refractivity contribution in [3.63, 3.8) is 0 Å². The Bertz CT molecular complexity index is 667. The summed E-state index contributed by atoms with van der Waals surface area (Å²) in [5, 5.41) is 14.3. The second-order valence-electron chi connectivity index (χ2n) is 5.81. The molecule has 1 aromatic carbocycles. The molecular formula is C17H22N2O3S. The van der Waals surface area contributed by atoms with E-state index in [1.165, 1.54) is 18.3 Å². The van der Waals surface area contributed by atoms with Gasteiger partial charge in [-0.2, -0.15) is 0 Å². The van der Waals surface area contributed by atoms with Crippen LogP contribution in [-0.4, -0.2) is 12.5 Å². The van der Waals surface area contributed by atoms with E-state index in [0.29, 0.717) is 11.5 Å². The van der Waals surface area contributed by atoms with E-state index in [0.717, 1.165) is 28.1 Å². The summed E-state index contributed by atoms with van der Waals surface area (Å²) in [7, 11) is 0. The highest BCUT2D eigenvalue weighted by molar-refractivity contribution is 7.15. The van der Waals surface area contributed by atoms with E-state index in [-0.39, 0.29) is 5.91 Å². The van der Waals surface area contributed by atoms with Gasteiger partial charge in [-0.3, -0.25) is 4.79 Å². The number of ether oxygens (including phenoxy) is 1. The van der Waals surface area contributed by atoms with Crippen molar-refractivity contribution in [2.45, 2.75) is 32.8 Å². The van der Waals surface area contributed by atoms with Crippen molar-refractivity contribution >= 4 is 22.2 Å². The SMILES string of the molecule is CC(=O)NCCc1cccc(OC(C)(C)c2ccc([NH2+][O-])s2)c1. The lowest BCUT2D eigenvalue weighted by Gasteiger charge is -2.25. The van der Waals surface area contributed by atoms with E-state index in [1.54, 1.807) is 0 Å². The molecule has 0 bridgehead atoms. The van der Waals surface area contributed by atoms with Crippen LogP contribution in [0.4, 0.5) is 5.00 Å². The van der Waals surface area contributed by atoms with Gasteiger partial charge in [-0.05, 0) is 44.0 Å². The van der Waals surface area contributed by atoms with Gasteiger partial charge in [-0.1, -0.05) is 23.5 Å². The summed E-state index contributed by atoms with van der Waals surface area (Å²) in [5.74, 6) is 0.749. The summed E-state index contributed by atoms with van der Waals surface area (Å²) in [6.45, 7) is 6.08. The van der Waals surface area contributed by atoms with Crippen LogP contribution in [0, 0.1) is 5.21 Å². The maximum absolute atomic E-state index is 10.9. The highest BCUT2D eigenvalue weighted by Crippen LogP contribution is 2.33. The molecule has 1 aromatic heterocycles. The van der Waals surface area contributed by atoms with Crippen LogP contribution in [0.3, 0.4) is 0 Å². The van der Waals surface area contributed by atoms with Gasteiger partial charge in [0.15, 0.2) is 5.00 Å². The summed E-state index contributed by atoms with van der Waals surface area (Å²) in [6.07, 6.45) is 0.755. The van der Waals surface area contributed by atoms with Gasteiger partial charge in [-0.15, -0.1) is 0 Å². The molecule has 2 rings (SSSR count). The highest BCUT2D eigenvalue weighted by atomic mass is 32.1. The molecule has 0 saturated heterocycles. The smallest absolute Gasteiger partial charge is 0.216 e. The van der Waals surface area contributed by atoms with Crippen molar-refractivity contribution in [1.82, 2.24) is 5.32 Å². The first-order valence-corrected chi connectivity index (χ1v) is 8.30. The Morgan fingerprint density at radius 3 is 2.78 bits per heavy atom. The quantitative estimate of drug-likeness (QED) is 0.763. The van der Waals surface area contributed by atoms with E-state index in [1.807, 2.05) is 50.2 Å². The molecule has 5 nitrogen and oxygen atoms in total. The molecule has 6 heteroatoms. The molecule has 0 radical (unpaired) electrons. The normalized spacial score (nSPS) is 11.3. The molecular weight excluding hydrogens is 312 g/mol. The Morgan fingerprint density at radius 1 is 1.35 bits per heavy atom. The van der Waals surface area contributed by atoms with Gasteiger partial charge < -0.3 is 20.7 Å². The van der Waals surface area contributed by atoms with Crippen LogP contribution in [0.2, 0.25) is 0 Å². The summed E-state index contributed by atoms with van der Waals surface area (Å²) in [6, 6.07) is 11.6. The minimum absolute atomic E-state index is 0.0257. The Labute approximate surface area is 140 Å². The third kappa shape index (κ3) is 5.06. The second-order valence-corrected chi connectivity index (χ2v) is 6.93. The molecule has 0 unspecified atom stereocenters. The van der Waals surface area contributed by atoms with Crippen LogP contribution in [0.25, 0.3) is 0 Å². The topological polar surface area (TPSA) is 78.0 Å². The first-order chi connectivity index (χ1) is 10.9. The molecule has 124 valence electrons. The fourth-order valence-electron chi connectivity index (χ4n) is 2.23. The third-order valence-electron chi connectivity index (χ3n) is 3.40. The number of carbonyl (C=O) groups is 1. The lowest BCUT2D eigenvalue weighted by molar-refractivity contribution is -0.492. The van der Waals surface area contributed by atoms with Crippen molar-refractivity contribution in [2.24, 2.45) is 0 Å². The van der Waals surface area contributed by atoms with Gasteiger partial charge in [0.05, 0.1) is 4.88 Å². The molecule has 0 aliphatic heterocycles. The second kappa shape index (κ2) is 7.59. The molecule has 0 aliphatic carbocycles. The van der Waals surface area contributed by atoms with Crippen LogP contribution in [0.15, 0.2) is 36.4 Å². The number of amides is 1. The molecule has 0 atom stereocenters. The van der Waals surface area contributed by atoms with Crippen LogP contribution < -0.4 is 15.5 Å². The van der Waals surface area contributed by atoms with Crippen molar-refractivity contribution in [2.75, 3.05) is 6.54 Å². The number of benzene rings is 1. The summed E-state index contributed by atoms with van der Waals surface area (Å²) in [5.41, 5.74) is 1.45. The van der Waals surface area contributed by atoms with E-state index in [4.69, 9.17) is 4.74 Å². The molecule has 1 heterocycles. The number of carbonyl (C=O) groups excluding carboxylic acids is 1. The fourth-order valence-corrected chi connectivity index (χ4v) is 3.09. The molecule has 1 amide bonds. The number of nitrogens with one attached hydrogen (secondary N) is 1. The Kier molecular flexibility index (Phi) is 5.76. The summed E-state index contributed by atoms with van der Waals surface area (Å²) in [4.78, 5) is 11.9. The molecule has 3 N–H and O–H groups in total. The molecule has 0 saturated carbocycles. The fraction of sp³-hybridized carbons (Fsp3) is 0.353. The Hall–Kier alpha value is -1.89. The minimum Gasteiger partial charge on any atom is -0.630 e. The Balaban J connectivity index is 2.05. The molecule has 23 heavy (non-hydrogen) atoms. The van der Waals surface area contributed by atoms with E-state index >= 15 is 0 Å². The maximum atomic E-state index is 10.9. The summed E-state index contributed by atoms with van der Waals surface area (Å²) < 4.78 is 6.12. The van der Waals surface area contributed by atoms with Crippen molar-refractivity contribution in [1.29, 1.82) is 0 Å². The largest absolute Gasteiger partial charge is 0.630 e. The lowest BCUT2D eigenvalue weighted by atomic mass is 10.1. The van der Waals surface area contributed by atoms with Gasteiger partial charge in [-0.25, -0.2) is 0 Å². The van der Waals surface area contributed by atoms with Gasteiger partial charge in [0.2, 0.25) is 5.91 Å². The zero-order valence-electron chi connectivity index (χ0n) is 13.6. The number of rotatable bonds is 7. The number of hydrogen-bond acceptors (Lipinski definition) is 4. The molecule has 0 aliphatic rings. The highest BCUT2D eigenvalue weighted by Gasteiger charge is 2.25. The Morgan fingerprint density at radius 2 is 2.13 bits per heavy atom. The van der Waals surface area contributed by atoms with Crippen molar-refractivity contribution in [3.05, 3.63) is 52.0 Å². The molecule has 0 fully saturated rings. The van der Waals surface area contributed by atoms with Gasteiger partial charge in [0.25, 0.3) is 0 Å². The monoisotopic (exact) mass is 334 g/mol. The average Bonchev–Trinajstić information content (AvgIpc) is 2.96. The average molecular weight is 334 g/mol. The van der Waals surface area contributed by atoms with Gasteiger partial charge in [0.1, 0.15) is 11.4 Å². The van der Waals surface area contributed by atoms with Gasteiger partial charge >= 0.3 is 0 Å². The first-order valence-electron chi connectivity index (χ1n) is 7.48. The zero-order valence-corrected chi connectivity index (χ0v) is 14.4. The van der Waals surface area contributed by atoms with E-state index < -0.39 is 5.60 Å². The number of thiophene rings is 1. The van der Waals surface area contributed by atoms with Crippen LogP contribution >= 0.6 is 11.3 Å². The molecule has 2 aromatic rings. The predicted molar refractivity (Wildman–Crippen MR) is 91.8 cm³/mol. The number of nitrogens with two attached hydrogens (primary N) is 1. The number of hydrogen-bond donors (Lipinski definition) is 2. The van der Waals surface area contributed by atoms with Crippen molar-refractivity contribution < 1.29 is 15.0 Å². The zero-order chi connectivity index (χ0) is 16.9. The molecule has 0 spiro atoms. The predicted octanol–water partition coefficient (Wildman–Crippen LogP) is 2.43. The van der Waals surface area contributed by atoms with E-state index in [2.05, 4.69) is 5.32 Å². The first kappa shape index (κ1) is 17.5. The third-order valence-corrected chi connectivity index (χ3v) is 4.71. The van der Waals surface area contributed by atoms with Crippen LogP contribution in [-0.2, 0) is 16.8 Å². The standard InChI is InChI=1S/C17H22N2O3S/c1-12(20)18-10-9-13-5-4-6-14(11-13)22-17(2,3)15-7-8-16(19-21)23-15/h4-8,11H,9-10,19H2,1-3H3,(H,18,20). The maximum Gasteiger partial charge on any atom is 0.216 e. The summed E-state index contributed by atoms with van der Waals surface area (Å²) >= 11 is 1.44.